The third kappa shape index (κ3) is 3.30. The SMILES string of the molecule is Cc1cc(C(=O)Nc2ccc([N+](=O)[O-])cc2F)cc(N)n1. The molecule has 2 aromatic rings. The number of pyridine rings is 1. The largest absolute Gasteiger partial charge is 0.384 e. The van der Waals surface area contributed by atoms with E-state index in [-0.39, 0.29) is 17.1 Å². The number of nitro benzene ring substituents is 1. The molecular formula is C13H11FN4O3. The predicted octanol–water partition coefficient (Wildman–Crippen LogP) is 2.27. The van der Waals surface area contributed by atoms with Gasteiger partial charge in [0.05, 0.1) is 16.7 Å². The van der Waals surface area contributed by atoms with Crippen molar-refractivity contribution in [3.05, 3.63) is 57.5 Å². The molecule has 7 nitrogen and oxygen atoms in total. The summed E-state index contributed by atoms with van der Waals surface area (Å²) >= 11 is 0. The highest BCUT2D eigenvalue weighted by molar-refractivity contribution is 6.04. The molecule has 21 heavy (non-hydrogen) atoms. The van der Waals surface area contributed by atoms with Crippen LogP contribution in [0.15, 0.2) is 30.3 Å². The van der Waals surface area contributed by atoms with Gasteiger partial charge >= 0.3 is 0 Å². The zero-order chi connectivity index (χ0) is 15.6. The number of hydrogen-bond acceptors (Lipinski definition) is 5. The van der Waals surface area contributed by atoms with Crippen LogP contribution in [0.4, 0.5) is 21.6 Å². The molecule has 0 saturated heterocycles. The first-order valence-electron chi connectivity index (χ1n) is 5.86. The molecule has 1 aromatic heterocycles. The average molecular weight is 290 g/mol. The molecule has 0 atom stereocenters. The number of aryl methyl sites for hydroxylation is 1. The number of benzene rings is 1. The number of carbonyl (C=O) groups excluding carboxylic acids is 1. The summed E-state index contributed by atoms with van der Waals surface area (Å²) in [5.41, 5.74) is 5.75. The number of nitrogens with zero attached hydrogens (tertiary/aromatic N) is 2. The normalized spacial score (nSPS) is 10.2. The lowest BCUT2D eigenvalue weighted by atomic mass is 10.2. The third-order valence-corrected chi connectivity index (χ3v) is 2.65. The fraction of sp³-hybridized carbons (Fsp3) is 0.0769. The summed E-state index contributed by atoms with van der Waals surface area (Å²) in [6, 6.07) is 5.82. The second kappa shape index (κ2) is 5.53. The van der Waals surface area contributed by atoms with Crippen molar-refractivity contribution in [2.75, 3.05) is 11.1 Å². The zero-order valence-electron chi connectivity index (χ0n) is 11.0. The van der Waals surface area contributed by atoms with Crippen LogP contribution in [0.5, 0.6) is 0 Å². The number of rotatable bonds is 3. The van der Waals surface area contributed by atoms with E-state index in [2.05, 4.69) is 10.3 Å². The number of anilines is 2. The van der Waals surface area contributed by atoms with Crippen LogP contribution < -0.4 is 11.1 Å². The number of halogens is 1. The van der Waals surface area contributed by atoms with Crippen molar-refractivity contribution >= 4 is 23.1 Å². The first kappa shape index (κ1) is 14.4. The van der Waals surface area contributed by atoms with Gasteiger partial charge in [0.1, 0.15) is 5.82 Å². The van der Waals surface area contributed by atoms with E-state index in [0.29, 0.717) is 5.69 Å². The summed E-state index contributed by atoms with van der Waals surface area (Å²) < 4.78 is 13.7. The van der Waals surface area contributed by atoms with Crippen LogP contribution in [-0.4, -0.2) is 15.8 Å². The van der Waals surface area contributed by atoms with E-state index in [4.69, 9.17) is 5.73 Å². The molecule has 1 heterocycles. The molecule has 1 amide bonds. The Hall–Kier alpha value is -3.03. The number of amides is 1. The monoisotopic (exact) mass is 290 g/mol. The maximum absolute atomic E-state index is 13.7. The van der Waals surface area contributed by atoms with Gasteiger partial charge in [0.2, 0.25) is 0 Å². The Morgan fingerprint density at radius 3 is 2.67 bits per heavy atom. The summed E-state index contributed by atoms with van der Waals surface area (Å²) in [5, 5.41) is 12.8. The molecule has 0 unspecified atom stereocenters. The smallest absolute Gasteiger partial charge is 0.272 e. The second-order valence-corrected chi connectivity index (χ2v) is 4.30. The molecule has 0 aliphatic carbocycles. The number of nitrogens with one attached hydrogen (secondary N) is 1. The van der Waals surface area contributed by atoms with Gasteiger partial charge in [0.15, 0.2) is 5.82 Å². The van der Waals surface area contributed by atoms with Crippen molar-refractivity contribution in [2.24, 2.45) is 0 Å². The molecule has 0 spiro atoms. The van der Waals surface area contributed by atoms with E-state index in [1.807, 2.05) is 0 Å². The van der Waals surface area contributed by atoms with Crippen LogP contribution in [0, 0.1) is 22.9 Å². The van der Waals surface area contributed by atoms with Crippen LogP contribution >= 0.6 is 0 Å². The molecule has 0 bridgehead atoms. The first-order chi connectivity index (χ1) is 9.86. The van der Waals surface area contributed by atoms with Gasteiger partial charge < -0.3 is 11.1 Å². The summed E-state index contributed by atoms with van der Waals surface area (Å²) in [7, 11) is 0. The summed E-state index contributed by atoms with van der Waals surface area (Å²) in [6.07, 6.45) is 0. The van der Waals surface area contributed by atoms with Crippen LogP contribution in [0.2, 0.25) is 0 Å². The minimum atomic E-state index is -0.892. The summed E-state index contributed by atoms with van der Waals surface area (Å²) in [6.45, 7) is 1.67. The highest BCUT2D eigenvalue weighted by Gasteiger charge is 2.14. The number of nitro groups is 1. The van der Waals surface area contributed by atoms with Crippen molar-refractivity contribution in [1.82, 2.24) is 4.98 Å². The number of hydrogen-bond donors (Lipinski definition) is 2. The van der Waals surface area contributed by atoms with Gasteiger partial charge in [-0.05, 0) is 25.1 Å². The van der Waals surface area contributed by atoms with E-state index in [9.17, 15) is 19.3 Å². The molecular weight excluding hydrogens is 279 g/mol. The molecule has 8 heteroatoms. The number of nitrogen functional groups attached to an aromatic ring is 1. The van der Waals surface area contributed by atoms with Crippen molar-refractivity contribution < 1.29 is 14.1 Å². The highest BCUT2D eigenvalue weighted by atomic mass is 19.1. The molecule has 0 fully saturated rings. The van der Waals surface area contributed by atoms with E-state index >= 15 is 0 Å². The van der Waals surface area contributed by atoms with Gasteiger partial charge in [-0.1, -0.05) is 0 Å². The fourth-order valence-electron chi connectivity index (χ4n) is 1.74. The quantitative estimate of drug-likeness (QED) is 0.665. The lowest BCUT2D eigenvalue weighted by molar-refractivity contribution is -0.385. The van der Waals surface area contributed by atoms with Gasteiger partial charge in [-0.3, -0.25) is 14.9 Å². The van der Waals surface area contributed by atoms with Gasteiger partial charge in [0, 0.05) is 17.3 Å². The van der Waals surface area contributed by atoms with E-state index in [1.165, 1.54) is 12.1 Å². The van der Waals surface area contributed by atoms with Crippen molar-refractivity contribution in [3.63, 3.8) is 0 Å². The number of carbonyl (C=O) groups is 1. The molecule has 0 saturated carbocycles. The molecule has 3 N–H and O–H groups in total. The van der Waals surface area contributed by atoms with Gasteiger partial charge in [-0.2, -0.15) is 0 Å². The predicted molar refractivity (Wildman–Crippen MR) is 74.4 cm³/mol. The minimum Gasteiger partial charge on any atom is -0.384 e. The van der Waals surface area contributed by atoms with Crippen LogP contribution in [0.1, 0.15) is 16.1 Å². The van der Waals surface area contributed by atoms with Crippen LogP contribution in [-0.2, 0) is 0 Å². The van der Waals surface area contributed by atoms with E-state index in [1.54, 1.807) is 6.92 Å². The number of nitrogens with two attached hydrogens (primary N) is 1. The summed E-state index contributed by atoms with van der Waals surface area (Å²) in [5.74, 6) is -1.31. The lowest BCUT2D eigenvalue weighted by Crippen LogP contribution is -2.14. The zero-order valence-corrected chi connectivity index (χ0v) is 11.0. The third-order valence-electron chi connectivity index (χ3n) is 2.65. The fourth-order valence-corrected chi connectivity index (χ4v) is 1.74. The maximum Gasteiger partial charge on any atom is 0.272 e. The van der Waals surface area contributed by atoms with Crippen LogP contribution in [0.3, 0.4) is 0 Å². The number of aromatic nitrogens is 1. The Bertz CT molecular complexity index is 713. The summed E-state index contributed by atoms with van der Waals surface area (Å²) in [4.78, 5) is 25.7. The maximum atomic E-state index is 13.7. The Balaban J connectivity index is 2.25. The van der Waals surface area contributed by atoms with Crippen molar-refractivity contribution in [3.8, 4) is 0 Å². The van der Waals surface area contributed by atoms with Crippen molar-refractivity contribution in [1.29, 1.82) is 0 Å². The van der Waals surface area contributed by atoms with Crippen molar-refractivity contribution in [2.45, 2.75) is 6.92 Å². The lowest BCUT2D eigenvalue weighted by Gasteiger charge is -2.07. The minimum absolute atomic E-state index is 0.154. The molecule has 2 rings (SSSR count). The Kier molecular flexibility index (Phi) is 3.79. The Morgan fingerprint density at radius 2 is 2.10 bits per heavy atom. The topological polar surface area (TPSA) is 111 Å². The molecule has 1 aromatic carbocycles. The van der Waals surface area contributed by atoms with E-state index < -0.39 is 22.3 Å². The molecule has 0 radical (unpaired) electrons. The second-order valence-electron chi connectivity index (χ2n) is 4.30. The Morgan fingerprint density at radius 1 is 1.38 bits per heavy atom. The standard InChI is InChI=1S/C13H11FN4O3/c1-7-4-8(5-12(15)16-7)13(19)17-11-3-2-9(18(20)21)6-10(11)14/h2-6H,1H3,(H2,15,16)(H,17,19). The Labute approximate surface area is 118 Å². The van der Waals surface area contributed by atoms with Crippen LogP contribution in [0.25, 0.3) is 0 Å². The van der Waals surface area contributed by atoms with E-state index in [0.717, 1.165) is 18.2 Å². The molecule has 108 valence electrons. The van der Waals surface area contributed by atoms with Gasteiger partial charge in [0.25, 0.3) is 11.6 Å². The number of non-ortho nitro benzene ring substituents is 1. The first-order valence-corrected chi connectivity index (χ1v) is 5.86. The van der Waals surface area contributed by atoms with Gasteiger partial charge in [-0.15, -0.1) is 0 Å². The van der Waals surface area contributed by atoms with Gasteiger partial charge in [-0.25, -0.2) is 9.37 Å². The average Bonchev–Trinajstić information content (AvgIpc) is 2.39. The molecule has 0 aliphatic rings. The highest BCUT2D eigenvalue weighted by Crippen LogP contribution is 2.21. The molecule has 0 aliphatic heterocycles.